The molecule has 0 saturated heterocycles. The van der Waals surface area contributed by atoms with Crippen LogP contribution in [0.4, 0.5) is 0 Å². The van der Waals surface area contributed by atoms with E-state index in [2.05, 4.69) is 131 Å². The number of carbonyl (C=O) groups excluding carboxylic acids is 2. The van der Waals surface area contributed by atoms with E-state index in [4.69, 9.17) is 98.2 Å². The van der Waals surface area contributed by atoms with E-state index in [1.807, 2.05) is 91.0 Å². The number of aliphatic carboxylic acids is 3. The molecule has 2 aromatic heterocycles. The summed E-state index contributed by atoms with van der Waals surface area (Å²) in [5.41, 5.74) is 10.5. The van der Waals surface area contributed by atoms with Gasteiger partial charge in [0.05, 0.1) is 21.7 Å². The molecule has 13 nitrogen and oxygen atoms in total. The molecule has 0 spiro atoms. The van der Waals surface area contributed by atoms with Gasteiger partial charge < -0.3 is 26.4 Å². The number of pyridine rings is 2. The number of nitrogens with one attached hydrogen (secondary N) is 1. The fraction of sp³-hybridized carbons (Fsp3) is 0.571. The molecule has 667 valence electrons. The summed E-state index contributed by atoms with van der Waals surface area (Å²) >= 11 is 41.9. The van der Waals surface area contributed by atoms with Crippen LogP contribution >= 0.6 is 185 Å². The summed E-state index contributed by atoms with van der Waals surface area (Å²) in [7, 11) is 21.3. The average Bonchev–Trinajstić information content (AvgIpc) is 0.721. The molecule has 122 heavy (non-hydrogen) atoms. The van der Waals surface area contributed by atoms with Crippen molar-refractivity contribution in [1.29, 1.82) is 0 Å². The Bertz CT molecular complexity index is 4350. The molecule has 26 rings (SSSR count). The van der Waals surface area contributed by atoms with Crippen LogP contribution in [-0.2, 0) is 73.7 Å². The molecule has 0 radical (unpaired) electrons. The monoisotopic (exact) mass is 2260 g/mol. The molecule has 8 unspecified atom stereocenters. The summed E-state index contributed by atoms with van der Waals surface area (Å²) in [4.78, 5) is 67.8. The normalized spacial score (nSPS) is 35.1. The Morgan fingerprint density at radius 1 is 0.418 bits per heavy atom. The number of halogens is 15. The number of hydrogen-bond acceptors (Lipinski definition) is 9. The number of carboxylic acids is 3. The van der Waals surface area contributed by atoms with Gasteiger partial charge in [0, 0.05) is 89.1 Å². The molecule has 31 heteroatoms. The third-order valence-electron chi connectivity index (χ3n) is 29.8. The van der Waals surface area contributed by atoms with Crippen LogP contribution in [0.15, 0.2) is 152 Å². The molecule has 4 aromatic carbocycles. The van der Waals surface area contributed by atoms with Gasteiger partial charge in [0.1, 0.15) is 0 Å². The predicted molar refractivity (Wildman–Crippen MR) is 514 cm³/mol. The number of nitrogens with zero attached hydrogens (tertiary/aromatic N) is 2. The molecule has 20 aliphatic rings. The SMILES string of the molecule is Br.Clc1ccccc1.NCc1ccncc1.O=C(Cl)C12CC3CC(C1)CC(c1ccc(Cl)cc1)(C3)C2.O=C(NCc1ccncc1)C12CC3CC(C1)CC(c1ccc(Cl)cc1)(C3)C2.O=C(O)C12CC3CC(C1)CC(c1ccc(Cl)cc1)(C3)C2.O=C(O)C12CC3CC(CC(Br)(C3)C1)C2.O=C(O)C12CC3CC(CC(C3)C1)C2.O=S(Cl)Cl.[Br][Al]([Br])[Br].[Cl][Fe]([Cl])[Cl]. The fourth-order valence-electron chi connectivity index (χ4n) is 27.5. The molecule has 20 bridgehead atoms. The van der Waals surface area contributed by atoms with Gasteiger partial charge >= 0.3 is 68.0 Å². The van der Waals surface area contributed by atoms with Gasteiger partial charge in [-0.15, -0.1) is 17.0 Å². The zero-order valence-corrected chi connectivity index (χ0v) is 86.4. The van der Waals surface area contributed by atoms with Crippen molar-refractivity contribution < 1.29 is 54.7 Å². The number of rotatable bonds is 11. The third kappa shape index (κ3) is 25.6. The standard InChI is InChI=1S/C23H25ClN2O.C17H18Cl2O.C17H19ClO2.C11H15BrO2.C11H16O2.C6H5Cl.C6H8N2.Al.4BrH.Cl2OS.3ClH.Fe/c24-20-3-1-19(2-4-20)22-10-17-9-18(11-22)13-23(12-17,15-22)21(27)26-14-16-5-7-25-8-6-16;2*18-14-3-1-13(2-4-14)16-6-11-5-12(7-16)9-17(8-11,10-16)15(19)20;12-11-4-7-1-8(5-11)3-10(2-7,6-11)9(13)14;12-10(13)11-4-7-1-8(5-11)3-9(2-7)6-11;7-6-4-2-1-3-5-6;7-5-6-1-3-8-4-2-6;;;;;;1-4(2)3;;;;/h1-8,17-18H,9-15H2,(H,26,27);1-4,11-12H,5-10H2;1-4,11-12H,5-10H2,(H,19,20);7-8H,1-6H2,(H,13,14);7-9H,1-6H2,(H,12,13);1-5H;1-4H,5,7H2;;4*1H;;3*1H;/q;;;;;;;+3;;;;;;;;;+3/p-6. The van der Waals surface area contributed by atoms with E-state index >= 15 is 0 Å². The summed E-state index contributed by atoms with van der Waals surface area (Å²) in [6.07, 6.45) is 40.1. The van der Waals surface area contributed by atoms with Crippen molar-refractivity contribution in [3.8, 4) is 0 Å². The summed E-state index contributed by atoms with van der Waals surface area (Å²) in [5.74, 6) is 6.14. The molecule has 20 aliphatic carbocycles. The third-order valence-corrected chi connectivity index (χ3v) is 32.1. The van der Waals surface area contributed by atoms with E-state index in [0.29, 0.717) is 60.4 Å². The van der Waals surface area contributed by atoms with Gasteiger partial charge in [-0.05, 0) is 386 Å². The van der Waals surface area contributed by atoms with Crippen molar-refractivity contribution in [2.75, 3.05) is 0 Å². The second-order valence-electron chi connectivity index (χ2n) is 38.3. The van der Waals surface area contributed by atoms with E-state index in [1.165, 1.54) is 113 Å². The average molecular weight is 2270 g/mol. The van der Waals surface area contributed by atoms with Gasteiger partial charge in [0.25, 0.3) is 0 Å². The van der Waals surface area contributed by atoms with Gasteiger partial charge in [-0.3, -0.25) is 33.9 Å². The molecule has 8 atom stereocenters. The molecule has 1 amide bonds. The minimum atomic E-state index is -1.67. The summed E-state index contributed by atoms with van der Waals surface area (Å²) in [6, 6.07) is 42.0. The summed E-state index contributed by atoms with van der Waals surface area (Å²) in [5, 5.41) is 34.7. The maximum atomic E-state index is 13.3. The van der Waals surface area contributed by atoms with Crippen molar-refractivity contribution >= 4 is 232 Å². The molecule has 2 heterocycles. The topological polar surface area (TPSA) is 227 Å². The maximum absolute atomic E-state index is 13.3. The molecular formula is C91H107AlBr5Cl10FeN4O9S. The first-order valence-corrected chi connectivity index (χ1v) is 61.6. The molecule has 0 aliphatic heterocycles. The number of aromatic nitrogens is 2. The van der Waals surface area contributed by atoms with Crippen LogP contribution in [0.1, 0.15) is 220 Å². The van der Waals surface area contributed by atoms with Crippen LogP contribution in [-0.4, -0.2) is 71.5 Å². The Labute approximate surface area is 816 Å². The van der Waals surface area contributed by atoms with Gasteiger partial charge in [-0.1, -0.05) is 117 Å². The number of carboxylic acid groups (broad SMARTS) is 3. The first kappa shape index (κ1) is 102. The van der Waals surface area contributed by atoms with Gasteiger partial charge in [-0.25, -0.2) is 4.21 Å². The van der Waals surface area contributed by atoms with E-state index in [-0.39, 0.29) is 70.4 Å². The van der Waals surface area contributed by atoms with Crippen molar-refractivity contribution in [3.05, 3.63) is 200 Å². The van der Waals surface area contributed by atoms with Crippen molar-refractivity contribution in [2.24, 2.45) is 97.9 Å². The number of hydrogen-bond donors (Lipinski definition) is 5. The van der Waals surface area contributed by atoms with Crippen LogP contribution < -0.4 is 11.1 Å². The minimum absolute atomic E-state index is 0. The van der Waals surface area contributed by atoms with Crippen molar-refractivity contribution in [1.82, 2.24) is 15.3 Å². The second-order valence-corrected chi connectivity index (χ2v) is 69.9. The number of alkyl halides is 1. The van der Waals surface area contributed by atoms with Crippen LogP contribution in [0, 0.1) is 92.2 Å². The van der Waals surface area contributed by atoms with Crippen molar-refractivity contribution in [2.45, 2.75) is 226 Å². The molecule has 6 aromatic rings. The van der Waals surface area contributed by atoms with Crippen LogP contribution in [0.25, 0.3) is 0 Å². The molecule has 6 N–H and O–H groups in total. The summed E-state index contributed by atoms with van der Waals surface area (Å²) < 4.78 is 9.26. The fourth-order valence-corrected chi connectivity index (χ4v) is 29.7. The van der Waals surface area contributed by atoms with Crippen LogP contribution in [0.3, 0.4) is 0 Å². The van der Waals surface area contributed by atoms with Gasteiger partial charge in [0.2, 0.25) is 20.4 Å². The Hall–Kier alpha value is -0.808. The molecular weight excluding hydrogens is 2160 g/mol. The number of benzene rings is 4. The van der Waals surface area contributed by atoms with E-state index < -0.39 is 52.4 Å². The van der Waals surface area contributed by atoms with E-state index in [1.54, 1.807) is 24.8 Å². The zero-order valence-electron chi connectivity index (χ0n) is 67.7. The predicted octanol–water partition coefficient (Wildman–Crippen LogP) is 27.9. The summed E-state index contributed by atoms with van der Waals surface area (Å²) in [6.45, 7) is 1.19. The number of amides is 1. The molecule has 20 fully saturated rings. The first-order chi connectivity index (χ1) is 57.3. The Morgan fingerprint density at radius 2 is 0.680 bits per heavy atom. The van der Waals surface area contributed by atoms with E-state index in [9.17, 15) is 39.3 Å². The Kier molecular flexibility index (Phi) is 36.6. The van der Waals surface area contributed by atoms with Gasteiger partial charge in [-0.2, -0.15) is 42.2 Å². The Balaban J connectivity index is 0.000000140. The molecule has 20 saturated carbocycles. The van der Waals surface area contributed by atoms with Crippen LogP contribution in [0.2, 0.25) is 20.1 Å². The number of carbonyl (C=O) groups is 5. The van der Waals surface area contributed by atoms with Gasteiger partial charge in [0.15, 0.2) is 0 Å². The number of nitrogens with two attached hydrogens (primary N) is 1. The van der Waals surface area contributed by atoms with Crippen LogP contribution in [0.5, 0.6) is 0 Å². The zero-order chi connectivity index (χ0) is 87.1. The Morgan fingerprint density at radius 3 is 0.967 bits per heavy atom. The first-order valence-electron chi connectivity index (χ1n) is 42.0. The quantitative estimate of drug-likeness (QED) is 0.0464. The second kappa shape index (κ2) is 43.9. The van der Waals surface area contributed by atoms with E-state index in [0.717, 1.165) is 145 Å². The van der Waals surface area contributed by atoms with Crippen molar-refractivity contribution in [3.63, 3.8) is 0 Å².